The van der Waals surface area contributed by atoms with Crippen LogP contribution in [0, 0.1) is 0 Å². The first-order valence-electron chi connectivity index (χ1n) is 7.95. The third-order valence-corrected chi connectivity index (χ3v) is 4.00. The van der Waals surface area contributed by atoms with Gasteiger partial charge in [0.25, 0.3) is 5.91 Å². The second-order valence-corrected chi connectivity index (χ2v) is 5.94. The number of aromatic nitrogens is 4. The Morgan fingerprint density at radius 2 is 1.88 bits per heavy atom. The van der Waals surface area contributed by atoms with Crippen molar-refractivity contribution in [1.82, 2.24) is 24.8 Å². The van der Waals surface area contributed by atoms with Gasteiger partial charge in [-0.1, -0.05) is 0 Å². The van der Waals surface area contributed by atoms with Crippen LogP contribution < -0.4 is 10.2 Å². The molecule has 1 amide bonds. The average molecular weight is 327 g/mol. The maximum absolute atomic E-state index is 12.3. The lowest BCUT2D eigenvalue weighted by molar-refractivity contribution is 0.0706. The fraction of sp³-hybridized carbons (Fsp3) is 0.438. The summed E-state index contributed by atoms with van der Waals surface area (Å²) in [6, 6.07) is 3.92. The van der Waals surface area contributed by atoms with Crippen LogP contribution in [0.1, 0.15) is 23.5 Å². The molecule has 2 aromatic heterocycles. The monoisotopic (exact) mass is 327 g/mol. The summed E-state index contributed by atoms with van der Waals surface area (Å²) in [6.45, 7) is 1.36. The number of hydrogen-bond donors (Lipinski definition) is 1. The summed E-state index contributed by atoms with van der Waals surface area (Å²) in [5.74, 6) is 1.83. The van der Waals surface area contributed by atoms with Gasteiger partial charge in [0.05, 0.1) is 0 Å². The SMILES string of the molecule is CN(C)c1cc(NC2CCN(C(=O)c3ncccn3)CC2)ncn1. The molecule has 1 N–H and O–H groups in total. The molecule has 3 heterocycles. The van der Waals surface area contributed by atoms with Crippen LogP contribution in [0.25, 0.3) is 0 Å². The summed E-state index contributed by atoms with van der Waals surface area (Å²) in [6.07, 6.45) is 6.46. The van der Waals surface area contributed by atoms with Crippen molar-refractivity contribution in [2.75, 3.05) is 37.4 Å². The van der Waals surface area contributed by atoms with Crippen LogP contribution in [0.15, 0.2) is 30.9 Å². The summed E-state index contributed by atoms with van der Waals surface area (Å²) in [5.41, 5.74) is 0. The molecule has 2 aromatic rings. The van der Waals surface area contributed by atoms with Crippen molar-refractivity contribution in [2.45, 2.75) is 18.9 Å². The highest BCUT2D eigenvalue weighted by Crippen LogP contribution is 2.18. The largest absolute Gasteiger partial charge is 0.367 e. The van der Waals surface area contributed by atoms with Crippen LogP contribution in [-0.4, -0.2) is 64.0 Å². The van der Waals surface area contributed by atoms with E-state index in [1.54, 1.807) is 29.7 Å². The number of hydrogen-bond acceptors (Lipinski definition) is 7. The molecule has 8 heteroatoms. The molecule has 8 nitrogen and oxygen atoms in total. The van der Waals surface area contributed by atoms with Crippen LogP contribution in [0.3, 0.4) is 0 Å². The van der Waals surface area contributed by atoms with Gasteiger partial charge in [0.15, 0.2) is 0 Å². The quantitative estimate of drug-likeness (QED) is 0.898. The van der Waals surface area contributed by atoms with E-state index >= 15 is 0 Å². The molecule has 1 saturated heterocycles. The molecule has 0 spiro atoms. The highest BCUT2D eigenvalue weighted by Gasteiger charge is 2.25. The molecule has 0 saturated carbocycles. The van der Waals surface area contributed by atoms with Gasteiger partial charge in [-0.3, -0.25) is 4.79 Å². The molecule has 3 rings (SSSR count). The minimum Gasteiger partial charge on any atom is -0.367 e. The van der Waals surface area contributed by atoms with E-state index in [0.29, 0.717) is 13.1 Å². The first-order valence-corrected chi connectivity index (χ1v) is 7.95. The molecule has 0 radical (unpaired) electrons. The van der Waals surface area contributed by atoms with E-state index in [2.05, 4.69) is 25.3 Å². The van der Waals surface area contributed by atoms with Gasteiger partial charge in [-0.05, 0) is 18.9 Å². The molecule has 0 atom stereocenters. The lowest BCUT2D eigenvalue weighted by atomic mass is 10.0. The first-order chi connectivity index (χ1) is 11.6. The number of likely N-dealkylation sites (tertiary alicyclic amines) is 1. The number of nitrogens with zero attached hydrogens (tertiary/aromatic N) is 6. The molecule has 24 heavy (non-hydrogen) atoms. The zero-order chi connectivity index (χ0) is 16.9. The van der Waals surface area contributed by atoms with E-state index in [-0.39, 0.29) is 17.8 Å². The van der Waals surface area contributed by atoms with Crippen molar-refractivity contribution >= 4 is 17.5 Å². The highest BCUT2D eigenvalue weighted by atomic mass is 16.2. The Balaban J connectivity index is 1.56. The fourth-order valence-electron chi connectivity index (χ4n) is 2.66. The summed E-state index contributed by atoms with van der Waals surface area (Å²) >= 11 is 0. The first kappa shape index (κ1) is 16.1. The van der Waals surface area contributed by atoms with Gasteiger partial charge in [-0.2, -0.15) is 0 Å². The van der Waals surface area contributed by atoms with Gasteiger partial charge in [0.1, 0.15) is 18.0 Å². The summed E-state index contributed by atoms with van der Waals surface area (Å²) < 4.78 is 0. The number of nitrogens with one attached hydrogen (secondary N) is 1. The van der Waals surface area contributed by atoms with Gasteiger partial charge in [-0.15, -0.1) is 0 Å². The van der Waals surface area contributed by atoms with Gasteiger partial charge in [0, 0.05) is 51.7 Å². The van der Waals surface area contributed by atoms with Crippen LogP contribution in [0.2, 0.25) is 0 Å². The van der Waals surface area contributed by atoms with E-state index in [4.69, 9.17) is 0 Å². The van der Waals surface area contributed by atoms with Crippen LogP contribution in [-0.2, 0) is 0 Å². The van der Waals surface area contributed by atoms with E-state index in [9.17, 15) is 4.79 Å². The van der Waals surface area contributed by atoms with Crippen molar-refractivity contribution in [3.05, 3.63) is 36.7 Å². The number of piperidine rings is 1. The van der Waals surface area contributed by atoms with Crippen molar-refractivity contribution in [2.24, 2.45) is 0 Å². The number of rotatable bonds is 4. The van der Waals surface area contributed by atoms with E-state index in [1.807, 2.05) is 25.1 Å². The lowest BCUT2D eigenvalue weighted by Crippen LogP contribution is -2.43. The second-order valence-electron chi connectivity index (χ2n) is 5.94. The molecule has 0 aromatic carbocycles. The van der Waals surface area contributed by atoms with Gasteiger partial charge in [-0.25, -0.2) is 19.9 Å². The Morgan fingerprint density at radius 3 is 2.54 bits per heavy atom. The summed E-state index contributed by atoms with van der Waals surface area (Å²) in [7, 11) is 3.89. The number of carbonyl (C=O) groups is 1. The summed E-state index contributed by atoms with van der Waals surface area (Å²) in [4.78, 5) is 32.6. The van der Waals surface area contributed by atoms with Crippen LogP contribution in [0.5, 0.6) is 0 Å². The Morgan fingerprint density at radius 1 is 1.17 bits per heavy atom. The minimum absolute atomic E-state index is 0.106. The van der Waals surface area contributed by atoms with Crippen LogP contribution in [0.4, 0.5) is 11.6 Å². The maximum Gasteiger partial charge on any atom is 0.291 e. The Bertz CT molecular complexity index is 684. The topological polar surface area (TPSA) is 87.1 Å². The van der Waals surface area contributed by atoms with Crippen molar-refractivity contribution < 1.29 is 4.79 Å². The third-order valence-electron chi connectivity index (χ3n) is 4.00. The molecule has 0 bridgehead atoms. The molecule has 0 unspecified atom stereocenters. The molecule has 1 aliphatic heterocycles. The number of amides is 1. The lowest BCUT2D eigenvalue weighted by Gasteiger charge is -2.32. The van der Waals surface area contributed by atoms with Gasteiger partial charge < -0.3 is 15.1 Å². The van der Waals surface area contributed by atoms with E-state index < -0.39 is 0 Å². The Hall–Kier alpha value is -2.77. The standard InChI is InChI=1S/C16H21N7O/c1-22(2)14-10-13(19-11-20-14)21-12-4-8-23(9-5-12)16(24)15-17-6-3-7-18-15/h3,6-7,10-12H,4-5,8-9H2,1-2H3,(H,19,20,21). The molecular formula is C16H21N7O. The highest BCUT2D eigenvalue weighted by molar-refractivity contribution is 5.90. The van der Waals surface area contributed by atoms with Crippen molar-refractivity contribution in [1.29, 1.82) is 0 Å². The van der Waals surface area contributed by atoms with E-state index in [1.165, 1.54) is 0 Å². The molecule has 0 aliphatic carbocycles. The predicted octanol–water partition coefficient (Wildman–Crippen LogP) is 1.05. The van der Waals surface area contributed by atoms with Gasteiger partial charge in [0.2, 0.25) is 5.82 Å². The molecule has 1 fully saturated rings. The Labute approximate surface area is 141 Å². The Kier molecular flexibility index (Phi) is 4.83. The number of carbonyl (C=O) groups excluding carboxylic acids is 1. The minimum atomic E-state index is -0.106. The zero-order valence-electron chi connectivity index (χ0n) is 13.9. The fourth-order valence-corrected chi connectivity index (χ4v) is 2.66. The predicted molar refractivity (Wildman–Crippen MR) is 90.9 cm³/mol. The normalized spacial score (nSPS) is 15.2. The van der Waals surface area contributed by atoms with Crippen molar-refractivity contribution in [3.63, 3.8) is 0 Å². The zero-order valence-corrected chi connectivity index (χ0v) is 13.9. The maximum atomic E-state index is 12.3. The molecule has 126 valence electrons. The van der Waals surface area contributed by atoms with Gasteiger partial charge >= 0.3 is 0 Å². The molecular weight excluding hydrogens is 306 g/mol. The summed E-state index contributed by atoms with van der Waals surface area (Å²) in [5, 5.41) is 3.43. The number of anilines is 2. The van der Waals surface area contributed by atoms with Crippen LogP contribution >= 0.6 is 0 Å². The second kappa shape index (κ2) is 7.20. The smallest absolute Gasteiger partial charge is 0.291 e. The third kappa shape index (κ3) is 3.76. The van der Waals surface area contributed by atoms with Crippen molar-refractivity contribution in [3.8, 4) is 0 Å². The van der Waals surface area contributed by atoms with E-state index in [0.717, 1.165) is 24.5 Å². The molecule has 1 aliphatic rings. The average Bonchev–Trinajstić information content (AvgIpc) is 2.63.